The van der Waals surface area contributed by atoms with E-state index in [2.05, 4.69) is 64.0 Å². The third-order valence-electron chi connectivity index (χ3n) is 2.20. The molecule has 1 heterocycles. The van der Waals surface area contributed by atoms with Gasteiger partial charge in [-0.25, -0.2) is 0 Å². The average Bonchev–Trinajstić information content (AvgIpc) is 2.52. The molecule has 0 saturated heterocycles. The first kappa shape index (κ1) is 14.0. The Labute approximate surface area is 114 Å². The Morgan fingerprint density at radius 3 is 2.62 bits per heavy atom. The minimum Gasteiger partial charge on any atom is -0.449 e. The Morgan fingerprint density at radius 1 is 1.50 bits per heavy atom. The molecule has 1 N–H and O–H groups in total. The molecular weight excluding hydrogens is 334 g/mol. The van der Waals surface area contributed by atoms with Crippen molar-refractivity contribution in [2.45, 2.75) is 33.2 Å². The second-order valence-electron chi connectivity index (χ2n) is 3.96. The van der Waals surface area contributed by atoms with Crippen LogP contribution in [0.15, 0.2) is 25.2 Å². The van der Waals surface area contributed by atoms with E-state index >= 15 is 0 Å². The van der Waals surface area contributed by atoms with Crippen molar-refractivity contribution in [1.82, 2.24) is 5.32 Å². The van der Waals surface area contributed by atoms with E-state index in [4.69, 9.17) is 4.42 Å². The summed E-state index contributed by atoms with van der Waals surface area (Å²) in [6.45, 7) is 7.35. The van der Waals surface area contributed by atoms with Gasteiger partial charge in [0.25, 0.3) is 0 Å². The lowest BCUT2D eigenvalue weighted by molar-refractivity contribution is 0.528. The lowest BCUT2D eigenvalue weighted by Gasteiger charge is -2.09. The smallest absolute Gasteiger partial charge is 0.184 e. The average molecular weight is 351 g/mol. The van der Waals surface area contributed by atoms with Crippen molar-refractivity contribution in [3.05, 3.63) is 26.5 Å². The number of furan rings is 1. The molecule has 0 aromatic carbocycles. The molecule has 16 heavy (non-hydrogen) atoms. The second-order valence-corrected chi connectivity index (χ2v) is 5.54. The molecule has 4 heteroatoms. The summed E-state index contributed by atoms with van der Waals surface area (Å²) in [6, 6.07) is 2.47. The molecule has 0 amide bonds. The maximum atomic E-state index is 5.52. The van der Waals surface area contributed by atoms with Crippen LogP contribution >= 0.6 is 31.9 Å². The molecule has 0 atom stereocenters. The fourth-order valence-electron chi connectivity index (χ4n) is 1.25. The summed E-state index contributed by atoms with van der Waals surface area (Å²) in [4.78, 5) is 0. The predicted octanol–water partition coefficient (Wildman–Crippen LogP) is 4.60. The molecule has 0 radical (unpaired) electrons. The summed E-state index contributed by atoms with van der Waals surface area (Å²) in [5, 5.41) is 3.40. The van der Waals surface area contributed by atoms with Crippen LogP contribution in [0.3, 0.4) is 0 Å². The lowest BCUT2D eigenvalue weighted by Crippen LogP contribution is -2.24. The highest BCUT2D eigenvalue weighted by Gasteiger charge is 2.05. The summed E-state index contributed by atoms with van der Waals surface area (Å²) in [6.07, 6.45) is 3.11. The SMILES string of the molecule is CCC(=Cc1cc(Br)c(Br)o1)CNC(C)C. The first-order valence-corrected chi connectivity index (χ1v) is 6.99. The fraction of sp³-hybridized carbons (Fsp3) is 0.500. The number of rotatable bonds is 5. The van der Waals surface area contributed by atoms with Crippen LogP contribution in [0.4, 0.5) is 0 Å². The zero-order valence-corrected chi connectivity index (χ0v) is 13.0. The molecule has 2 nitrogen and oxygen atoms in total. The molecule has 0 aliphatic heterocycles. The maximum absolute atomic E-state index is 5.52. The molecule has 1 aromatic rings. The van der Waals surface area contributed by atoms with E-state index in [0.29, 0.717) is 6.04 Å². The second kappa shape index (κ2) is 6.62. The summed E-state index contributed by atoms with van der Waals surface area (Å²) >= 11 is 6.74. The highest BCUT2D eigenvalue weighted by atomic mass is 79.9. The zero-order chi connectivity index (χ0) is 12.1. The quantitative estimate of drug-likeness (QED) is 0.839. The van der Waals surface area contributed by atoms with E-state index in [1.165, 1.54) is 5.57 Å². The van der Waals surface area contributed by atoms with Crippen LogP contribution in [-0.2, 0) is 0 Å². The van der Waals surface area contributed by atoms with E-state index in [-0.39, 0.29) is 0 Å². The lowest BCUT2D eigenvalue weighted by atomic mass is 10.1. The van der Waals surface area contributed by atoms with Gasteiger partial charge in [0.1, 0.15) is 5.76 Å². The number of hydrogen-bond donors (Lipinski definition) is 1. The highest BCUT2D eigenvalue weighted by molar-refractivity contribution is 9.13. The molecule has 0 spiro atoms. The van der Waals surface area contributed by atoms with Gasteiger partial charge in [0.15, 0.2) is 4.67 Å². The zero-order valence-electron chi connectivity index (χ0n) is 9.81. The number of halogens is 2. The molecular formula is C12H17Br2NO. The topological polar surface area (TPSA) is 25.2 Å². The van der Waals surface area contributed by atoms with Crippen molar-refractivity contribution in [2.24, 2.45) is 0 Å². The van der Waals surface area contributed by atoms with Gasteiger partial charge < -0.3 is 9.73 Å². The van der Waals surface area contributed by atoms with Crippen LogP contribution in [0.5, 0.6) is 0 Å². The minimum atomic E-state index is 0.505. The molecule has 0 saturated carbocycles. The van der Waals surface area contributed by atoms with E-state index in [0.717, 1.165) is 27.9 Å². The molecule has 0 bridgehead atoms. The predicted molar refractivity (Wildman–Crippen MR) is 75.5 cm³/mol. The van der Waals surface area contributed by atoms with Crippen molar-refractivity contribution in [3.63, 3.8) is 0 Å². The van der Waals surface area contributed by atoms with Gasteiger partial charge in [-0.1, -0.05) is 26.3 Å². The maximum Gasteiger partial charge on any atom is 0.184 e. The molecule has 90 valence electrons. The molecule has 0 aliphatic carbocycles. The van der Waals surface area contributed by atoms with Crippen molar-refractivity contribution >= 4 is 37.9 Å². The van der Waals surface area contributed by atoms with Gasteiger partial charge in [-0.2, -0.15) is 0 Å². The van der Waals surface area contributed by atoms with E-state index < -0.39 is 0 Å². The van der Waals surface area contributed by atoms with Crippen molar-refractivity contribution in [1.29, 1.82) is 0 Å². The molecule has 0 unspecified atom stereocenters. The normalized spacial score (nSPS) is 12.5. The summed E-state index contributed by atoms with van der Waals surface area (Å²) in [5.41, 5.74) is 1.34. The Balaban J connectivity index is 2.71. The summed E-state index contributed by atoms with van der Waals surface area (Å²) in [5.74, 6) is 0.876. The first-order valence-electron chi connectivity index (χ1n) is 5.40. The number of nitrogens with one attached hydrogen (secondary N) is 1. The van der Waals surface area contributed by atoms with Crippen LogP contribution < -0.4 is 5.32 Å². The largest absolute Gasteiger partial charge is 0.449 e. The van der Waals surface area contributed by atoms with Crippen molar-refractivity contribution < 1.29 is 4.42 Å². The molecule has 1 rings (SSSR count). The van der Waals surface area contributed by atoms with Crippen LogP contribution in [0.25, 0.3) is 6.08 Å². The van der Waals surface area contributed by atoms with Gasteiger partial charge in [-0.15, -0.1) is 0 Å². The first-order chi connectivity index (χ1) is 7.52. The van der Waals surface area contributed by atoms with Gasteiger partial charge in [0.05, 0.1) is 4.47 Å². The van der Waals surface area contributed by atoms with Crippen LogP contribution in [-0.4, -0.2) is 12.6 Å². The molecule has 1 aromatic heterocycles. The van der Waals surface area contributed by atoms with Crippen LogP contribution in [0.2, 0.25) is 0 Å². The van der Waals surface area contributed by atoms with Gasteiger partial charge >= 0.3 is 0 Å². The van der Waals surface area contributed by atoms with Crippen molar-refractivity contribution in [2.75, 3.05) is 6.54 Å². The van der Waals surface area contributed by atoms with E-state index in [9.17, 15) is 0 Å². The highest BCUT2D eigenvalue weighted by Crippen LogP contribution is 2.28. The van der Waals surface area contributed by atoms with E-state index in [1.807, 2.05) is 6.07 Å². The molecule has 0 fully saturated rings. The van der Waals surface area contributed by atoms with Gasteiger partial charge in [-0.05, 0) is 50.4 Å². The Bertz CT molecular complexity index is 350. The Hall–Kier alpha value is -0.0600. The van der Waals surface area contributed by atoms with Crippen LogP contribution in [0.1, 0.15) is 33.0 Å². The van der Waals surface area contributed by atoms with Gasteiger partial charge in [0, 0.05) is 12.6 Å². The fourth-order valence-corrected chi connectivity index (χ4v) is 1.86. The third-order valence-corrected chi connectivity index (χ3v) is 3.91. The molecule has 0 aliphatic rings. The van der Waals surface area contributed by atoms with Crippen molar-refractivity contribution in [3.8, 4) is 0 Å². The number of hydrogen-bond acceptors (Lipinski definition) is 2. The summed E-state index contributed by atoms with van der Waals surface area (Å²) in [7, 11) is 0. The minimum absolute atomic E-state index is 0.505. The monoisotopic (exact) mass is 349 g/mol. The van der Waals surface area contributed by atoms with Crippen LogP contribution in [0, 0.1) is 0 Å². The standard InChI is InChI=1S/C12H17Br2NO/c1-4-9(7-15-8(2)3)5-10-6-11(13)12(14)16-10/h5-6,8,15H,4,7H2,1-3H3. The van der Waals surface area contributed by atoms with Gasteiger partial charge in [0.2, 0.25) is 0 Å². The van der Waals surface area contributed by atoms with E-state index in [1.54, 1.807) is 0 Å². The summed E-state index contributed by atoms with van der Waals surface area (Å²) < 4.78 is 7.21. The Morgan fingerprint density at radius 2 is 2.19 bits per heavy atom. The third kappa shape index (κ3) is 4.44. The van der Waals surface area contributed by atoms with Gasteiger partial charge in [-0.3, -0.25) is 0 Å². The Kier molecular flexibility index (Phi) is 5.79.